The van der Waals surface area contributed by atoms with Crippen LogP contribution in [-0.2, 0) is 0 Å². The molecule has 0 saturated carbocycles. The zero-order chi connectivity index (χ0) is 4.50. The summed E-state index contributed by atoms with van der Waals surface area (Å²) in [5.74, 6) is 0. The first-order chi connectivity index (χ1) is 2.00. The normalized spacial score (nSPS) is 8.57. The molecule has 0 unspecified atom stereocenters. The third kappa shape index (κ3) is 64.0. The van der Waals surface area contributed by atoms with Gasteiger partial charge >= 0.3 is 29.6 Å². The van der Waals surface area contributed by atoms with Gasteiger partial charge in [-0.2, -0.15) is 11.1 Å². The van der Waals surface area contributed by atoms with Crippen molar-refractivity contribution in [3.05, 3.63) is 0 Å². The predicted molar refractivity (Wildman–Crippen MR) is 29.2 cm³/mol. The van der Waals surface area contributed by atoms with Crippen molar-refractivity contribution in [1.82, 2.24) is 0 Å². The summed E-state index contributed by atoms with van der Waals surface area (Å²) in [6, 6.07) is 0. The van der Waals surface area contributed by atoms with Gasteiger partial charge in [0.2, 0.25) is 0 Å². The maximum absolute atomic E-state index is 5.67. The first-order valence-corrected chi connectivity index (χ1v) is 6.20. The van der Waals surface area contributed by atoms with Crippen molar-refractivity contribution in [3.63, 3.8) is 0 Å². The van der Waals surface area contributed by atoms with Gasteiger partial charge in [-0.25, -0.2) is 0 Å². The van der Waals surface area contributed by atoms with Gasteiger partial charge in [0, 0.05) is 0 Å². The topological polar surface area (TPSA) is 0 Å². The molecule has 0 bridgehead atoms. The predicted octanol–water partition coefficient (Wildman–Crippen LogP) is -3.93. The molecule has 0 aliphatic carbocycles. The van der Waals surface area contributed by atoms with Gasteiger partial charge in [-0.1, -0.05) is 19.6 Å². The Morgan fingerprint density at radius 1 is 1.14 bits per heavy atom. The molecule has 0 aromatic rings. The third-order valence-corrected chi connectivity index (χ3v) is 0. The number of halogens is 2. The van der Waals surface area contributed by atoms with Gasteiger partial charge < -0.3 is 24.0 Å². The van der Waals surface area contributed by atoms with E-state index in [1.54, 1.807) is 0 Å². The van der Waals surface area contributed by atoms with E-state index >= 15 is 0 Å². The maximum atomic E-state index is 5.67. The summed E-state index contributed by atoms with van der Waals surface area (Å²) >= 11 is 5.67. The molecule has 7 heavy (non-hydrogen) atoms. The number of hydrogen-bond donors (Lipinski definition) is 0. The molecule has 0 radical (unpaired) electrons. The molecule has 0 aliphatic rings. The third-order valence-electron chi connectivity index (χ3n) is 0. The fourth-order valence-corrected chi connectivity index (χ4v) is 0. The molecule has 40 valence electrons. The molecule has 0 aliphatic heterocycles. The van der Waals surface area contributed by atoms with Crippen LogP contribution in [-0.4, -0.2) is 7.38 Å². The minimum atomic E-state index is -1.14. The zero-order valence-corrected chi connectivity index (χ0v) is 11.2. The Kier molecular flexibility index (Phi) is 14.6. The largest absolute Gasteiger partial charge is 1.00 e. The Morgan fingerprint density at radius 2 is 1.14 bits per heavy atom. The summed E-state index contributed by atoms with van der Waals surface area (Å²) in [4.78, 5) is 0. The molecule has 0 atom stereocenters. The first-order valence-electron chi connectivity index (χ1n) is 1.69. The van der Waals surface area contributed by atoms with Crippen LogP contribution in [0, 0.1) is 0 Å². The Bertz CT molecular complexity index is 30.4. The number of hydrogen-bond acceptors (Lipinski definition) is 0. The van der Waals surface area contributed by atoms with E-state index in [2.05, 4.69) is 19.6 Å². The van der Waals surface area contributed by atoms with Crippen molar-refractivity contribution in [1.29, 1.82) is 0 Å². The first kappa shape index (κ1) is 16.1. The minimum absolute atomic E-state index is 0. The average Bonchev–Trinajstić information content (AvgIpc) is 0.722. The van der Waals surface area contributed by atoms with Gasteiger partial charge in [-0.15, -0.1) is 0 Å². The molecule has 0 N–H and O–H groups in total. The van der Waals surface area contributed by atoms with Crippen LogP contribution in [0.1, 0.15) is 0 Å². The molecule has 0 fully saturated rings. The molecule has 0 saturated heterocycles. The van der Waals surface area contributed by atoms with E-state index in [4.69, 9.17) is 11.1 Å². The van der Waals surface area contributed by atoms with E-state index in [-0.39, 0.29) is 53.5 Å². The van der Waals surface area contributed by atoms with Crippen molar-refractivity contribution in [2.45, 2.75) is 19.6 Å². The van der Waals surface area contributed by atoms with Gasteiger partial charge in [-0.3, -0.25) is 0 Å². The molecule has 0 rings (SSSR count). The van der Waals surface area contributed by atoms with Crippen LogP contribution >= 0.6 is 11.1 Å². The maximum Gasteiger partial charge on any atom is 1.00 e. The summed E-state index contributed by atoms with van der Waals surface area (Å²) in [6.45, 7) is 6.28. The molecule has 4 heteroatoms. The van der Waals surface area contributed by atoms with Crippen LogP contribution < -0.4 is 53.5 Å². The molecule has 0 heterocycles. The molecule has 0 nitrogen and oxygen atoms in total. The Hall–Kier alpha value is 2.24. The van der Waals surface area contributed by atoms with Crippen LogP contribution in [0.3, 0.4) is 0 Å². The van der Waals surface area contributed by atoms with Crippen LogP contribution in [0.15, 0.2) is 0 Å². The zero-order valence-electron chi connectivity index (χ0n) is 5.26. The molecular weight excluding hydrogens is 249 g/mol. The van der Waals surface area contributed by atoms with Crippen LogP contribution in [0.5, 0.6) is 0 Å². The minimum Gasteiger partial charge on any atom is -1.00 e. The Balaban J connectivity index is -0.0000000800. The van der Waals surface area contributed by atoms with E-state index in [1.807, 2.05) is 0 Å². The molecule has 0 amide bonds. The Labute approximate surface area is 90.4 Å². The van der Waals surface area contributed by atoms with Gasteiger partial charge in [0.1, 0.15) is 7.38 Å². The quantitative estimate of drug-likeness (QED) is 0.237. The SMILES string of the molecule is C[Si](C)(C)Cl.[I-].[Na+]. The van der Waals surface area contributed by atoms with Gasteiger partial charge in [0.05, 0.1) is 0 Å². The van der Waals surface area contributed by atoms with E-state index in [9.17, 15) is 0 Å². The van der Waals surface area contributed by atoms with E-state index in [1.165, 1.54) is 0 Å². The van der Waals surface area contributed by atoms with Crippen molar-refractivity contribution in [2.75, 3.05) is 0 Å². The van der Waals surface area contributed by atoms with Gasteiger partial charge in [-0.05, 0) is 0 Å². The molecule has 0 spiro atoms. The summed E-state index contributed by atoms with van der Waals surface area (Å²) in [5, 5.41) is 0. The standard InChI is InChI=1S/C3H9ClSi.HI.Na/c1-5(2,3)4;;/h1-3H3;1H;/q;;+1/p-1. The molecule has 0 aromatic heterocycles. The van der Waals surface area contributed by atoms with Crippen molar-refractivity contribution >= 4 is 18.5 Å². The van der Waals surface area contributed by atoms with E-state index < -0.39 is 7.38 Å². The smallest absolute Gasteiger partial charge is 1.00 e. The van der Waals surface area contributed by atoms with Crippen molar-refractivity contribution in [3.8, 4) is 0 Å². The van der Waals surface area contributed by atoms with E-state index in [0.717, 1.165) is 0 Å². The van der Waals surface area contributed by atoms with Crippen molar-refractivity contribution < 1.29 is 53.5 Å². The van der Waals surface area contributed by atoms with Crippen molar-refractivity contribution in [2.24, 2.45) is 0 Å². The Morgan fingerprint density at radius 3 is 1.14 bits per heavy atom. The average molecular weight is 259 g/mol. The second-order valence-corrected chi connectivity index (χ2v) is 9.60. The van der Waals surface area contributed by atoms with Crippen LogP contribution in [0.25, 0.3) is 0 Å². The van der Waals surface area contributed by atoms with Gasteiger partial charge in [0.25, 0.3) is 0 Å². The monoisotopic (exact) mass is 258 g/mol. The van der Waals surface area contributed by atoms with Gasteiger partial charge in [0.15, 0.2) is 0 Å². The summed E-state index contributed by atoms with van der Waals surface area (Å²) < 4.78 is 0. The second-order valence-electron chi connectivity index (χ2n) is 2.07. The summed E-state index contributed by atoms with van der Waals surface area (Å²) in [5.41, 5.74) is 0. The fraction of sp³-hybridized carbons (Fsp3) is 1.00. The van der Waals surface area contributed by atoms with Crippen LogP contribution in [0.2, 0.25) is 19.6 Å². The van der Waals surface area contributed by atoms with Crippen LogP contribution in [0.4, 0.5) is 0 Å². The van der Waals surface area contributed by atoms with E-state index in [0.29, 0.717) is 0 Å². The summed E-state index contributed by atoms with van der Waals surface area (Å²) in [7, 11) is -1.14. The summed E-state index contributed by atoms with van der Waals surface area (Å²) in [6.07, 6.45) is 0. The molecule has 0 aromatic carbocycles. The second kappa shape index (κ2) is 6.36. The fourth-order valence-electron chi connectivity index (χ4n) is 0. The molecular formula is C3H9ClINaSi. The number of rotatable bonds is 0.